The Kier molecular flexibility index (Phi) is 4.18. The third-order valence-electron chi connectivity index (χ3n) is 2.33. The molecular formula is C9H18N2O2. The lowest BCUT2D eigenvalue weighted by Crippen LogP contribution is -2.41. The molecule has 1 unspecified atom stereocenters. The van der Waals surface area contributed by atoms with Crippen molar-refractivity contribution in [2.45, 2.75) is 31.7 Å². The van der Waals surface area contributed by atoms with E-state index in [9.17, 15) is 4.79 Å². The van der Waals surface area contributed by atoms with Gasteiger partial charge in [0.1, 0.15) is 0 Å². The predicted molar refractivity (Wildman–Crippen MR) is 50.0 cm³/mol. The van der Waals surface area contributed by atoms with Crippen molar-refractivity contribution in [3.05, 3.63) is 0 Å². The summed E-state index contributed by atoms with van der Waals surface area (Å²) >= 11 is 0. The summed E-state index contributed by atoms with van der Waals surface area (Å²) < 4.78 is 0. The molecule has 4 nitrogen and oxygen atoms in total. The van der Waals surface area contributed by atoms with E-state index in [4.69, 9.17) is 10.8 Å². The van der Waals surface area contributed by atoms with Crippen molar-refractivity contribution >= 4 is 5.91 Å². The van der Waals surface area contributed by atoms with Crippen LogP contribution in [0.1, 0.15) is 25.7 Å². The number of aliphatic hydroxyl groups excluding tert-OH is 1. The Balaban J connectivity index is 2.05. The minimum atomic E-state index is -0.396. The van der Waals surface area contributed by atoms with Gasteiger partial charge >= 0.3 is 0 Å². The van der Waals surface area contributed by atoms with Crippen molar-refractivity contribution in [1.29, 1.82) is 0 Å². The predicted octanol–water partition coefficient (Wildman–Crippen LogP) is -0.388. The van der Waals surface area contributed by atoms with Gasteiger partial charge in [-0.05, 0) is 18.8 Å². The second-order valence-corrected chi connectivity index (χ2v) is 3.64. The first kappa shape index (κ1) is 10.5. The quantitative estimate of drug-likeness (QED) is 0.529. The smallest absolute Gasteiger partial charge is 0.236 e. The molecule has 0 aromatic heterocycles. The van der Waals surface area contributed by atoms with Gasteiger partial charge < -0.3 is 16.2 Å². The Morgan fingerprint density at radius 3 is 2.85 bits per heavy atom. The van der Waals surface area contributed by atoms with Crippen molar-refractivity contribution in [2.24, 2.45) is 11.7 Å². The number of amides is 1. The molecule has 1 rings (SSSR count). The van der Waals surface area contributed by atoms with Gasteiger partial charge in [0.25, 0.3) is 0 Å². The molecule has 0 spiro atoms. The van der Waals surface area contributed by atoms with Crippen LogP contribution in [-0.4, -0.2) is 30.2 Å². The number of nitrogens with two attached hydrogens (primary N) is 1. The van der Waals surface area contributed by atoms with E-state index >= 15 is 0 Å². The summed E-state index contributed by atoms with van der Waals surface area (Å²) in [6, 6.07) is -0.396. The molecule has 1 fully saturated rings. The summed E-state index contributed by atoms with van der Waals surface area (Å²) in [5, 5.41) is 11.0. The average molecular weight is 186 g/mol. The fraction of sp³-hybridized carbons (Fsp3) is 0.889. The maximum atomic E-state index is 11.2. The number of carbonyl (C=O) groups excluding carboxylic acids is 1. The van der Waals surface area contributed by atoms with Crippen molar-refractivity contribution in [2.75, 3.05) is 13.2 Å². The van der Waals surface area contributed by atoms with Crippen LogP contribution in [0.25, 0.3) is 0 Å². The molecule has 0 saturated heterocycles. The second-order valence-electron chi connectivity index (χ2n) is 3.64. The molecule has 1 atom stereocenters. The Hall–Kier alpha value is -0.610. The van der Waals surface area contributed by atoms with Crippen molar-refractivity contribution in [1.82, 2.24) is 5.32 Å². The lowest BCUT2D eigenvalue weighted by Gasteiger charge is -2.10. The summed E-state index contributed by atoms with van der Waals surface area (Å²) in [5.41, 5.74) is 5.64. The Morgan fingerprint density at radius 2 is 2.31 bits per heavy atom. The van der Waals surface area contributed by atoms with Gasteiger partial charge in [0.05, 0.1) is 12.6 Å². The maximum absolute atomic E-state index is 11.2. The molecule has 1 aliphatic carbocycles. The van der Waals surface area contributed by atoms with Crippen molar-refractivity contribution < 1.29 is 9.90 Å². The summed E-state index contributed by atoms with van der Waals surface area (Å²) in [7, 11) is 0. The molecule has 4 N–H and O–H groups in total. The number of aliphatic hydroxyl groups is 1. The van der Waals surface area contributed by atoms with Gasteiger partial charge in [0, 0.05) is 6.54 Å². The Bertz CT molecular complexity index is 169. The zero-order valence-corrected chi connectivity index (χ0v) is 7.83. The third kappa shape index (κ3) is 4.24. The fourth-order valence-electron chi connectivity index (χ4n) is 1.26. The molecule has 0 heterocycles. The molecule has 0 radical (unpaired) electrons. The molecule has 0 aromatic rings. The third-order valence-corrected chi connectivity index (χ3v) is 2.33. The van der Waals surface area contributed by atoms with E-state index in [1.807, 2.05) is 0 Å². The molecular weight excluding hydrogens is 168 g/mol. The SMILES string of the molecule is NC(CCC1CC1)C(=O)NCCO. The van der Waals surface area contributed by atoms with E-state index in [-0.39, 0.29) is 12.5 Å². The van der Waals surface area contributed by atoms with Gasteiger partial charge in [-0.15, -0.1) is 0 Å². The highest BCUT2D eigenvalue weighted by Crippen LogP contribution is 2.33. The lowest BCUT2D eigenvalue weighted by molar-refractivity contribution is -0.122. The van der Waals surface area contributed by atoms with E-state index in [1.165, 1.54) is 12.8 Å². The zero-order chi connectivity index (χ0) is 9.68. The van der Waals surface area contributed by atoms with E-state index in [1.54, 1.807) is 0 Å². The van der Waals surface area contributed by atoms with Crippen molar-refractivity contribution in [3.63, 3.8) is 0 Å². The molecule has 0 bridgehead atoms. The first-order chi connectivity index (χ1) is 6.24. The molecule has 1 saturated carbocycles. The van der Waals surface area contributed by atoms with Crippen LogP contribution in [0.2, 0.25) is 0 Å². The fourth-order valence-corrected chi connectivity index (χ4v) is 1.26. The highest BCUT2D eigenvalue weighted by atomic mass is 16.3. The summed E-state index contributed by atoms with van der Waals surface area (Å²) in [5.74, 6) is 0.673. The van der Waals surface area contributed by atoms with Gasteiger partial charge in [-0.3, -0.25) is 4.79 Å². The van der Waals surface area contributed by atoms with Crippen LogP contribution in [0.15, 0.2) is 0 Å². The van der Waals surface area contributed by atoms with Crippen LogP contribution in [0.3, 0.4) is 0 Å². The summed E-state index contributed by atoms with van der Waals surface area (Å²) in [6.45, 7) is 0.275. The van der Waals surface area contributed by atoms with Gasteiger partial charge in [-0.1, -0.05) is 12.8 Å². The first-order valence-electron chi connectivity index (χ1n) is 4.88. The van der Waals surface area contributed by atoms with Crippen LogP contribution in [0.5, 0.6) is 0 Å². The normalized spacial score (nSPS) is 18.3. The topological polar surface area (TPSA) is 75.4 Å². The first-order valence-corrected chi connectivity index (χ1v) is 4.88. The van der Waals surface area contributed by atoms with Crippen LogP contribution in [0, 0.1) is 5.92 Å². The molecule has 76 valence electrons. The van der Waals surface area contributed by atoms with Gasteiger partial charge in [0.15, 0.2) is 0 Å². The molecule has 0 aromatic carbocycles. The molecule has 4 heteroatoms. The summed E-state index contributed by atoms with van der Waals surface area (Å²) in [4.78, 5) is 11.2. The second kappa shape index (κ2) is 5.19. The monoisotopic (exact) mass is 186 g/mol. The minimum absolute atomic E-state index is 0.0267. The molecule has 1 amide bonds. The van der Waals surface area contributed by atoms with Crippen LogP contribution in [0.4, 0.5) is 0 Å². The van der Waals surface area contributed by atoms with Gasteiger partial charge in [-0.25, -0.2) is 0 Å². The standard InChI is InChI=1S/C9H18N2O2/c10-8(4-3-7-1-2-7)9(13)11-5-6-12/h7-8,12H,1-6,10H2,(H,11,13). The average Bonchev–Trinajstić information content (AvgIpc) is 2.93. The number of rotatable bonds is 6. The van der Waals surface area contributed by atoms with Gasteiger partial charge in [0.2, 0.25) is 5.91 Å². The van der Waals surface area contributed by atoms with E-state index in [2.05, 4.69) is 5.32 Å². The van der Waals surface area contributed by atoms with Crippen LogP contribution < -0.4 is 11.1 Å². The summed E-state index contributed by atoms with van der Waals surface area (Å²) in [6.07, 6.45) is 4.42. The zero-order valence-electron chi connectivity index (χ0n) is 7.83. The van der Waals surface area contributed by atoms with E-state index in [0.29, 0.717) is 6.54 Å². The maximum Gasteiger partial charge on any atom is 0.236 e. The number of carbonyl (C=O) groups is 1. The van der Waals surface area contributed by atoms with Gasteiger partial charge in [-0.2, -0.15) is 0 Å². The Morgan fingerprint density at radius 1 is 1.62 bits per heavy atom. The largest absolute Gasteiger partial charge is 0.395 e. The van der Waals surface area contributed by atoms with Crippen LogP contribution in [-0.2, 0) is 4.79 Å². The van der Waals surface area contributed by atoms with Crippen LogP contribution >= 0.6 is 0 Å². The number of hydrogen-bond acceptors (Lipinski definition) is 3. The molecule has 13 heavy (non-hydrogen) atoms. The highest BCUT2D eigenvalue weighted by molar-refractivity contribution is 5.81. The number of hydrogen-bond donors (Lipinski definition) is 3. The molecule has 0 aliphatic heterocycles. The van der Waals surface area contributed by atoms with Crippen molar-refractivity contribution in [3.8, 4) is 0 Å². The van der Waals surface area contributed by atoms with E-state index in [0.717, 1.165) is 18.8 Å². The minimum Gasteiger partial charge on any atom is -0.395 e. The number of nitrogens with one attached hydrogen (secondary N) is 1. The lowest BCUT2D eigenvalue weighted by atomic mass is 10.1. The molecule has 1 aliphatic rings. The van der Waals surface area contributed by atoms with E-state index < -0.39 is 6.04 Å². The Labute approximate surface area is 78.5 Å². The highest BCUT2D eigenvalue weighted by Gasteiger charge is 2.23.